The lowest BCUT2D eigenvalue weighted by Crippen LogP contribution is -2.40. The van der Waals surface area contributed by atoms with Gasteiger partial charge in [-0.3, -0.25) is 4.99 Å². The van der Waals surface area contributed by atoms with Crippen molar-refractivity contribution in [3.63, 3.8) is 0 Å². The maximum atomic E-state index is 5.46. The van der Waals surface area contributed by atoms with E-state index in [0.29, 0.717) is 5.92 Å². The minimum absolute atomic E-state index is 0. The second kappa shape index (κ2) is 11.0. The van der Waals surface area contributed by atoms with E-state index in [1.807, 2.05) is 31.3 Å². The van der Waals surface area contributed by atoms with Gasteiger partial charge < -0.3 is 15.0 Å². The van der Waals surface area contributed by atoms with E-state index in [1.54, 1.807) is 7.11 Å². The van der Waals surface area contributed by atoms with E-state index in [0.717, 1.165) is 24.8 Å². The molecule has 0 aromatic heterocycles. The van der Waals surface area contributed by atoms with Crippen LogP contribution in [0.5, 0.6) is 5.75 Å². The van der Waals surface area contributed by atoms with Gasteiger partial charge in [-0.1, -0.05) is 55.5 Å². The van der Waals surface area contributed by atoms with E-state index < -0.39 is 0 Å². The predicted octanol–water partition coefficient (Wildman–Crippen LogP) is 4.12. The van der Waals surface area contributed by atoms with Gasteiger partial charge in [-0.2, -0.15) is 0 Å². The number of hydrogen-bond donors (Lipinski definition) is 1. The highest BCUT2D eigenvalue weighted by Crippen LogP contribution is 2.25. The van der Waals surface area contributed by atoms with Crippen molar-refractivity contribution in [2.45, 2.75) is 19.4 Å². The molecule has 0 saturated heterocycles. The van der Waals surface area contributed by atoms with Crippen LogP contribution >= 0.6 is 24.0 Å². The van der Waals surface area contributed by atoms with Gasteiger partial charge in [-0.25, -0.2) is 0 Å². The summed E-state index contributed by atoms with van der Waals surface area (Å²) in [7, 11) is 5.58. The number of aliphatic imine (C=N–C) groups is 1. The molecular weight excluding hydrogens is 425 g/mol. The lowest BCUT2D eigenvalue weighted by Gasteiger charge is -2.24. The summed E-state index contributed by atoms with van der Waals surface area (Å²) in [6.45, 7) is 3.81. The van der Waals surface area contributed by atoms with Crippen molar-refractivity contribution in [2.24, 2.45) is 4.99 Å². The summed E-state index contributed by atoms with van der Waals surface area (Å²) < 4.78 is 5.46. The van der Waals surface area contributed by atoms with E-state index in [2.05, 4.69) is 59.5 Å². The topological polar surface area (TPSA) is 36.9 Å². The van der Waals surface area contributed by atoms with Crippen LogP contribution in [-0.2, 0) is 6.54 Å². The van der Waals surface area contributed by atoms with Crippen LogP contribution < -0.4 is 10.1 Å². The Morgan fingerprint density at radius 2 is 1.76 bits per heavy atom. The standard InChI is InChI=1S/C20H27N3O.HI/c1-16(18-12-8-9-13-19(18)24-4)14-22-20(21-2)23(3)15-17-10-6-5-7-11-17;/h5-13,16H,14-15H2,1-4H3,(H,21,22);1H. The van der Waals surface area contributed by atoms with Gasteiger partial charge in [0.2, 0.25) is 0 Å². The third-order valence-corrected chi connectivity index (χ3v) is 4.07. The second-order valence-corrected chi connectivity index (χ2v) is 5.91. The Morgan fingerprint density at radius 1 is 1.12 bits per heavy atom. The van der Waals surface area contributed by atoms with Crippen LogP contribution in [0.25, 0.3) is 0 Å². The normalized spacial score (nSPS) is 12.1. The summed E-state index contributed by atoms with van der Waals surface area (Å²) in [6, 6.07) is 18.6. The summed E-state index contributed by atoms with van der Waals surface area (Å²) in [4.78, 5) is 6.52. The number of nitrogens with one attached hydrogen (secondary N) is 1. The van der Waals surface area contributed by atoms with Gasteiger partial charge in [0.25, 0.3) is 0 Å². The fourth-order valence-electron chi connectivity index (χ4n) is 2.74. The Hall–Kier alpha value is -1.76. The Balaban J connectivity index is 0.00000312. The molecule has 0 heterocycles. The fraction of sp³-hybridized carbons (Fsp3) is 0.350. The summed E-state index contributed by atoms with van der Waals surface area (Å²) in [5, 5.41) is 3.46. The average Bonchev–Trinajstić information content (AvgIpc) is 2.62. The number of hydrogen-bond acceptors (Lipinski definition) is 2. The molecule has 4 nitrogen and oxygen atoms in total. The van der Waals surface area contributed by atoms with Crippen molar-refractivity contribution in [3.8, 4) is 5.75 Å². The molecule has 0 fully saturated rings. The van der Waals surface area contributed by atoms with Crippen molar-refractivity contribution < 1.29 is 4.74 Å². The Kier molecular flexibility index (Phi) is 9.34. The maximum Gasteiger partial charge on any atom is 0.193 e. The largest absolute Gasteiger partial charge is 0.496 e. The molecule has 5 heteroatoms. The molecular formula is C20H28IN3O. The van der Waals surface area contributed by atoms with Gasteiger partial charge in [0.15, 0.2) is 5.96 Å². The first-order chi connectivity index (χ1) is 11.7. The van der Waals surface area contributed by atoms with E-state index in [4.69, 9.17) is 4.74 Å². The monoisotopic (exact) mass is 453 g/mol. The van der Waals surface area contributed by atoms with Crippen molar-refractivity contribution in [1.29, 1.82) is 0 Å². The number of rotatable bonds is 6. The van der Waals surface area contributed by atoms with Gasteiger partial charge in [0.1, 0.15) is 5.75 Å². The number of halogens is 1. The zero-order valence-corrected chi connectivity index (χ0v) is 17.7. The molecule has 0 aliphatic heterocycles. The fourth-order valence-corrected chi connectivity index (χ4v) is 2.74. The first-order valence-corrected chi connectivity index (χ1v) is 8.24. The second-order valence-electron chi connectivity index (χ2n) is 5.91. The van der Waals surface area contributed by atoms with Crippen molar-refractivity contribution >= 4 is 29.9 Å². The number of guanidine groups is 1. The molecule has 0 radical (unpaired) electrons. The molecule has 25 heavy (non-hydrogen) atoms. The smallest absolute Gasteiger partial charge is 0.193 e. The van der Waals surface area contributed by atoms with E-state index in [1.165, 1.54) is 11.1 Å². The highest BCUT2D eigenvalue weighted by Gasteiger charge is 2.13. The average molecular weight is 453 g/mol. The third-order valence-electron chi connectivity index (χ3n) is 4.07. The van der Waals surface area contributed by atoms with Crippen LogP contribution in [0.3, 0.4) is 0 Å². The van der Waals surface area contributed by atoms with Crippen molar-refractivity contribution in [3.05, 3.63) is 65.7 Å². The molecule has 0 saturated carbocycles. The van der Waals surface area contributed by atoms with Gasteiger partial charge in [-0.05, 0) is 17.2 Å². The number of methoxy groups -OCH3 is 1. The van der Waals surface area contributed by atoms with Crippen LogP contribution in [0.1, 0.15) is 24.0 Å². The molecule has 1 atom stereocenters. The van der Waals surface area contributed by atoms with Gasteiger partial charge in [0.05, 0.1) is 7.11 Å². The molecule has 0 bridgehead atoms. The van der Waals surface area contributed by atoms with E-state index >= 15 is 0 Å². The zero-order valence-electron chi connectivity index (χ0n) is 15.4. The third kappa shape index (κ3) is 6.23. The summed E-state index contributed by atoms with van der Waals surface area (Å²) in [5.41, 5.74) is 2.47. The first kappa shape index (κ1) is 21.3. The predicted molar refractivity (Wildman–Crippen MR) is 116 cm³/mol. The summed E-state index contributed by atoms with van der Waals surface area (Å²) in [6.07, 6.45) is 0. The Bertz CT molecular complexity index is 661. The Morgan fingerprint density at radius 3 is 2.40 bits per heavy atom. The Labute approximate surface area is 168 Å². The van der Waals surface area contributed by atoms with Crippen molar-refractivity contribution in [2.75, 3.05) is 27.7 Å². The summed E-state index contributed by atoms with van der Waals surface area (Å²) >= 11 is 0. The van der Waals surface area contributed by atoms with E-state index in [-0.39, 0.29) is 24.0 Å². The van der Waals surface area contributed by atoms with Crippen LogP contribution in [0.4, 0.5) is 0 Å². The number of para-hydroxylation sites is 1. The minimum atomic E-state index is 0. The highest BCUT2D eigenvalue weighted by atomic mass is 127. The molecule has 0 spiro atoms. The number of ether oxygens (including phenoxy) is 1. The highest BCUT2D eigenvalue weighted by molar-refractivity contribution is 14.0. The van der Waals surface area contributed by atoms with Gasteiger partial charge in [-0.15, -0.1) is 24.0 Å². The molecule has 1 unspecified atom stereocenters. The van der Waals surface area contributed by atoms with Gasteiger partial charge in [0, 0.05) is 33.1 Å². The molecule has 0 amide bonds. The van der Waals surface area contributed by atoms with Crippen LogP contribution in [-0.4, -0.2) is 38.6 Å². The minimum Gasteiger partial charge on any atom is -0.496 e. The quantitative estimate of drug-likeness (QED) is 0.406. The molecule has 136 valence electrons. The molecule has 2 rings (SSSR count). The first-order valence-electron chi connectivity index (χ1n) is 8.24. The molecule has 2 aromatic rings. The molecule has 0 aliphatic rings. The maximum absolute atomic E-state index is 5.46. The van der Waals surface area contributed by atoms with Gasteiger partial charge >= 0.3 is 0 Å². The van der Waals surface area contributed by atoms with Crippen molar-refractivity contribution in [1.82, 2.24) is 10.2 Å². The molecule has 2 aromatic carbocycles. The van der Waals surface area contributed by atoms with E-state index in [9.17, 15) is 0 Å². The number of benzene rings is 2. The summed E-state index contributed by atoms with van der Waals surface area (Å²) in [5.74, 6) is 2.14. The lowest BCUT2D eigenvalue weighted by atomic mass is 10.0. The van der Waals surface area contributed by atoms with Crippen LogP contribution in [0.15, 0.2) is 59.6 Å². The zero-order chi connectivity index (χ0) is 17.4. The SMILES string of the molecule is CN=C(NCC(C)c1ccccc1OC)N(C)Cc1ccccc1.I. The molecule has 0 aliphatic carbocycles. The lowest BCUT2D eigenvalue weighted by molar-refractivity contribution is 0.405. The van der Waals surface area contributed by atoms with Crippen LogP contribution in [0.2, 0.25) is 0 Å². The number of nitrogens with zero attached hydrogens (tertiary/aromatic N) is 2. The molecule has 1 N–H and O–H groups in total. The van der Waals surface area contributed by atoms with Crippen LogP contribution in [0, 0.1) is 0 Å².